The Morgan fingerprint density at radius 2 is 1.59 bits per heavy atom. The second kappa shape index (κ2) is 12.1. The summed E-state index contributed by atoms with van der Waals surface area (Å²) in [7, 11) is 0. The SMILES string of the molecule is Cc1cc(C(C)Nc2ccccc2C(=O)O)c2oc(N3CC(C(N)=O)(c4ccccc4)C3)cc(=O)c2c1.O=C(O)C(F)(F)F. The Morgan fingerprint density at radius 1 is 1.00 bits per heavy atom. The minimum absolute atomic E-state index is 0.151. The Balaban J connectivity index is 0.000000566. The van der Waals surface area contributed by atoms with Crippen molar-refractivity contribution in [2.45, 2.75) is 31.5 Å². The average Bonchev–Trinajstić information content (AvgIpc) is 2.93. The second-order valence-corrected chi connectivity index (χ2v) is 10.4. The van der Waals surface area contributed by atoms with Crippen LogP contribution in [0.2, 0.25) is 0 Å². The lowest BCUT2D eigenvalue weighted by atomic mass is 9.73. The molecular formula is C31H28F3N3O7. The topological polar surface area (TPSA) is 163 Å². The predicted octanol–water partition coefficient (Wildman–Crippen LogP) is 4.85. The molecule has 0 aliphatic carbocycles. The number of fused-ring (bicyclic) bond motifs is 1. The van der Waals surface area contributed by atoms with Gasteiger partial charge in [0.1, 0.15) is 11.0 Å². The molecule has 1 saturated heterocycles. The number of para-hydroxylation sites is 1. The van der Waals surface area contributed by atoms with Crippen LogP contribution in [0.3, 0.4) is 0 Å². The van der Waals surface area contributed by atoms with Gasteiger partial charge in [-0.2, -0.15) is 13.2 Å². The summed E-state index contributed by atoms with van der Waals surface area (Å²) < 4.78 is 38.0. The highest BCUT2D eigenvalue weighted by atomic mass is 19.4. The number of alkyl halides is 3. The van der Waals surface area contributed by atoms with Crippen molar-refractivity contribution in [1.29, 1.82) is 0 Å². The summed E-state index contributed by atoms with van der Waals surface area (Å²) in [5.41, 5.74) is 8.20. The van der Waals surface area contributed by atoms with E-state index in [1.807, 2.05) is 55.1 Å². The molecule has 1 aliphatic heterocycles. The fourth-order valence-electron chi connectivity index (χ4n) is 5.01. The van der Waals surface area contributed by atoms with Crippen LogP contribution in [0.1, 0.15) is 40.0 Å². The van der Waals surface area contributed by atoms with Gasteiger partial charge in [0.05, 0.1) is 17.0 Å². The van der Waals surface area contributed by atoms with E-state index in [0.29, 0.717) is 35.6 Å². The molecule has 230 valence electrons. The van der Waals surface area contributed by atoms with E-state index < -0.39 is 29.4 Å². The number of aromatic carboxylic acids is 1. The number of hydrogen-bond acceptors (Lipinski definition) is 7. The van der Waals surface area contributed by atoms with Crippen LogP contribution in [0.4, 0.5) is 24.7 Å². The molecule has 1 fully saturated rings. The van der Waals surface area contributed by atoms with E-state index in [-0.39, 0.29) is 17.0 Å². The van der Waals surface area contributed by atoms with Gasteiger partial charge in [-0.1, -0.05) is 48.5 Å². The van der Waals surface area contributed by atoms with Crippen LogP contribution < -0.4 is 21.4 Å². The van der Waals surface area contributed by atoms with Gasteiger partial charge in [0, 0.05) is 30.4 Å². The Kier molecular flexibility index (Phi) is 8.70. The minimum atomic E-state index is -5.08. The molecule has 5 N–H and O–H groups in total. The highest BCUT2D eigenvalue weighted by molar-refractivity contribution is 5.94. The van der Waals surface area contributed by atoms with E-state index in [0.717, 1.165) is 16.7 Å². The van der Waals surface area contributed by atoms with Crippen molar-refractivity contribution in [2.75, 3.05) is 23.3 Å². The lowest BCUT2D eigenvalue weighted by Gasteiger charge is -2.48. The number of carbonyl (C=O) groups excluding carboxylic acids is 1. The van der Waals surface area contributed by atoms with Crippen LogP contribution in [0, 0.1) is 6.92 Å². The Labute approximate surface area is 248 Å². The quantitative estimate of drug-likeness (QED) is 0.229. The molecule has 2 heterocycles. The summed E-state index contributed by atoms with van der Waals surface area (Å²) in [6.45, 7) is 4.37. The zero-order chi connectivity index (χ0) is 32.4. The molecule has 1 aromatic heterocycles. The molecule has 0 radical (unpaired) electrons. The summed E-state index contributed by atoms with van der Waals surface area (Å²) in [5.74, 6) is -3.86. The number of aryl methyl sites for hydroxylation is 1. The van der Waals surface area contributed by atoms with Crippen molar-refractivity contribution in [3.05, 3.63) is 105 Å². The monoisotopic (exact) mass is 611 g/mol. The summed E-state index contributed by atoms with van der Waals surface area (Å²) in [6, 6.07) is 20.8. The maximum atomic E-state index is 13.2. The van der Waals surface area contributed by atoms with Gasteiger partial charge in [-0.05, 0) is 43.2 Å². The number of halogens is 3. The number of anilines is 2. The van der Waals surface area contributed by atoms with E-state index in [4.69, 9.17) is 20.1 Å². The number of nitrogens with one attached hydrogen (secondary N) is 1. The van der Waals surface area contributed by atoms with Crippen molar-refractivity contribution < 1.29 is 42.2 Å². The first kappa shape index (κ1) is 31.6. The maximum Gasteiger partial charge on any atom is 0.490 e. The third-order valence-corrected chi connectivity index (χ3v) is 7.26. The molecule has 44 heavy (non-hydrogen) atoms. The maximum absolute atomic E-state index is 13.2. The molecule has 1 atom stereocenters. The normalized spacial score (nSPS) is 14.5. The van der Waals surface area contributed by atoms with Crippen LogP contribution in [-0.2, 0) is 15.0 Å². The largest absolute Gasteiger partial charge is 0.490 e. The minimum Gasteiger partial charge on any atom is -0.478 e. The number of nitrogens with zero attached hydrogens (tertiary/aromatic N) is 1. The zero-order valence-corrected chi connectivity index (χ0v) is 23.5. The van der Waals surface area contributed by atoms with Crippen LogP contribution in [0.25, 0.3) is 11.0 Å². The number of carboxylic acids is 2. The van der Waals surface area contributed by atoms with Crippen molar-refractivity contribution >= 4 is 40.4 Å². The molecule has 0 saturated carbocycles. The number of carboxylic acid groups (broad SMARTS) is 2. The van der Waals surface area contributed by atoms with Gasteiger partial charge in [-0.25, -0.2) is 9.59 Å². The van der Waals surface area contributed by atoms with E-state index in [9.17, 15) is 32.7 Å². The van der Waals surface area contributed by atoms with E-state index >= 15 is 0 Å². The Bertz CT molecular complexity index is 1780. The number of nitrogens with two attached hydrogens (primary N) is 1. The number of primary amides is 1. The second-order valence-electron chi connectivity index (χ2n) is 10.4. The van der Waals surface area contributed by atoms with Crippen molar-refractivity contribution in [1.82, 2.24) is 0 Å². The zero-order valence-electron chi connectivity index (χ0n) is 23.5. The van der Waals surface area contributed by atoms with Gasteiger partial charge < -0.3 is 30.6 Å². The van der Waals surface area contributed by atoms with Crippen LogP contribution >= 0.6 is 0 Å². The molecule has 1 unspecified atom stereocenters. The van der Waals surface area contributed by atoms with E-state index in [1.54, 1.807) is 24.3 Å². The van der Waals surface area contributed by atoms with Crippen LogP contribution in [0.5, 0.6) is 0 Å². The fraction of sp³-hybridized carbons (Fsp3) is 0.226. The van der Waals surface area contributed by atoms with Crippen LogP contribution in [0.15, 0.2) is 82.0 Å². The number of aliphatic carboxylic acids is 1. The summed E-state index contributed by atoms with van der Waals surface area (Å²) >= 11 is 0. The lowest BCUT2D eigenvalue weighted by molar-refractivity contribution is -0.192. The standard InChI is InChI=1S/C29H27N3O5.C2HF3O2/c1-17-12-21(18(2)31-23-11-7-6-10-20(23)27(34)35)26-22(13-17)24(33)14-25(37-26)32-15-29(16-32,28(30)36)19-8-4-3-5-9-19;3-2(4,5)1(6)7/h3-14,18,31H,15-16H2,1-2H3,(H2,30,36)(H,34,35);(H,6,7). The van der Waals surface area contributed by atoms with Crippen molar-refractivity contribution in [2.24, 2.45) is 5.73 Å². The van der Waals surface area contributed by atoms with E-state index in [2.05, 4.69) is 5.32 Å². The molecule has 0 bridgehead atoms. The summed E-state index contributed by atoms with van der Waals surface area (Å²) in [5, 5.41) is 20.4. The first-order valence-electron chi connectivity index (χ1n) is 13.2. The van der Waals surface area contributed by atoms with Crippen molar-refractivity contribution in [3.63, 3.8) is 0 Å². The molecule has 3 aromatic carbocycles. The highest BCUT2D eigenvalue weighted by Gasteiger charge is 2.50. The molecule has 0 spiro atoms. The first-order valence-corrected chi connectivity index (χ1v) is 13.2. The molecular weight excluding hydrogens is 583 g/mol. The van der Waals surface area contributed by atoms with Gasteiger partial charge >= 0.3 is 18.1 Å². The number of hydrogen-bond donors (Lipinski definition) is 4. The fourth-order valence-corrected chi connectivity index (χ4v) is 5.01. The predicted molar refractivity (Wildman–Crippen MR) is 156 cm³/mol. The third kappa shape index (κ3) is 6.36. The molecule has 13 heteroatoms. The summed E-state index contributed by atoms with van der Waals surface area (Å²) in [6.07, 6.45) is -5.08. The molecule has 5 rings (SSSR count). The molecule has 1 aliphatic rings. The lowest BCUT2D eigenvalue weighted by Crippen LogP contribution is -2.65. The van der Waals surface area contributed by atoms with Gasteiger partial charge in [-0.15, -0.1) is 0 Å². The number of amides is 1. The smallest absolute Gasteiger partial charge is 0.478 e. The first-order chi connectivity index (χ1) is 20.6. The van der Waals surface area contributed by atoms with Gasteiger partial charge in [0.2, 0.25) is 5.91 Å². The van der Waals surface area contributed by atoms with Crippen molar-refractivity contribution in [3.8, 4) is 0 Å². The Morgan fingerprint density at radius 3 is 2.16 bits per heavy atom. The van der Waals surface area contributed by atoms with Gasteiger partial charge in [0.25, 0.3) is 0 Å². The van der Waals surface area contributed by atoms with Gasteiger partial charge in [0.15, 0.2) is 11.3 Å². The highest BCUT2D eigenvalue weighted by Crippen LogP contribution is 2.39. The van der Waals surface area contributed by atoms with Gasteiger partial charge in [-0.3, -0.25) is 9.59 Å². The number of rotatable bonds is 7. The molecule has 10 nitrogen and oxygen atoms in total. The van der Waals surface area contributed by atoms with E-state index in [1.165, 1.54) is 12.1 Å². The molecule has 1 amide bonds. The molecule has 4 aromatic rings. The summed E-state index contributed by atoms with van der Waals surface area (Å²) in [4.78, 5) is 48.0. The average molecular weight is 612 g/mol. The van der Waals surface area contributed by atoms with Crippen LogP contribution in [-0.4, -0.2) is 47.3 Å². The third-order valence-electron chi connectivity index (χ3n) is 7.26. The number of carbonyl (C=O) groups is 3. The number of benzene rings is 3. The Hall–Kier alpha value is -5.33.